The van der Waals surface area contributed by atoms with Crippen molar-refractivity contribution in [2.24, 2.45) is 0 Å². The molecule has 8 heteroatoms. The molecule has 1 saturated heterocycles. The van der Waals surface area contributed by atoms with E-state index < -0.39 is 18.0 Å². The van der Waals surface area contributed by atoms with Gasteiger partial charge in [0.25, 0.3) is 0 Å². The zero-order valence-corrected chi connectivity index (χ0v) is 18.0. The molecule has 1 fully saturated rings. The molecule has 2 aromatic carbocycles. The third-order valence-electron chi connectivity index (χ3n) is 5.97. The summed E-state index contributed by atoms with van der Waals surface area (Å²) in [5.41, 5.74) is 2.50. The van der Waals surface area contributed by atoms with Gasteiger partial charge in [0.15, 0.2) is 0 Å². The topological polar surface area (TPSA) is 95.2 Å². The van der Waals surface area contributed by atoms with Crippen molar-refractivity contribution in [3.05, 3.63) is 65.9 Å². The van der Waals surface area contributed by atoms with Crippen LogP contribution in [0.25, 0.3) is 10.9 Å². The third-order valence-corrected chi connectivity index (χ3v) is 5.97. The molecule has 0 aliphatic carbocycles. The van der Waals surface area contributed by atoms with E-state index in [-0.39, 0.29) is 6.54 Å². The molecule has 0 saturated carbocycles. The van der Waals surface area contributed by atoms with Crippen LogP contribution in [-0.4, -0.2) is 69.8 Å². The summed E-state index contributed by atoms with van der Waals surface area (Å²) in [5.74, 6) is -1.33. The molecular weight excluding hydrogens is 410 g/mol. The number of nitrogens with zero attached hydrogens (tertiary/aromatic N) is 3. The maximum absolute atomic E-state index is 12.4. The van der Waals surface area contributed by atoms with Crippen LogP contribution in [0.3, 0.4) is 0 Å². The van der Waals surface area contributed by atoms with Crippen LogP contribution < -0.4 is 4.74 Å². The van der Waals surface area contributed by atoms with E-state index in [9.17, 15) is 19.8 Å². The minimum Gasteiger partial charge on any atom is -0.497 e. The third kappa shape index (κ3) is 4.61. The zero-order chi connectivity index (χ0) is 22.7. The van der Waals surface area contributed by atoms with Gasteiger partial charge in [-0.2, -0.15) is 0 Å². The summed E-state index contributed by atoms with van der Waals surface area (Å²) in [7, 11) is 1.55. The summed E-state index contributed by atoms with van der Waals surface area (Å²) in [6, 6.07) is 14.7. The molecule has 1 aromatic heterocycles. The molecule has 0 spiro atoms. The molecule has 1 atom stereocenters. The van der Waals surface area contributed by atoms with Gasteiger partial charge >= 0.3 is 11.9 Å². The Hall–Kier alpha value is -3.36. The number of hydrogen-bond donors (Lipinski definition) is 2. The van der Waals surface area contributed by atoms with Gasteiger partial charge in [0, 0.05) is 55.4 Å². The number of carboxylic acid groups (broad SMARTS) is 2. The number of ether oxygens (including phenoxy) is 1. The minimum absolute atomic E-state index is 0.236. The van der Waals surface area contributed by atoms with Gasteiger partial charge in [0.05, 0.1) is 7.11 Å². The van der Waals surface area contributed by atoms with Gasteiger partial charge in [0.2, 0.25) is 0 Å². The molecule has 1 aliphatic rings. The molecule has 0 amide bonds. The second kappa shape index (κ2) is 9.42. The molecule has 1 aliphatic heterocycles. The van der Waals surface area contributed by atoms with Crippen LogP contribution in [-0.2, 0) is 22.7 Å². The van der Waals surface area contributed by atoms with Crippen LogP contribution in [0.4, 0.5) is 0 Å². The number of hydrogen-bond acceptors (Lipinski definition) is 5. The van der Waals surface area contributed by atoms with E-state index in [4.69, 9.17) is 4.74 Å². The number of carboxylic acids is 2. The molecule has 3 aromatic rings. The highest BCUT2D eigenvalue weighted by molar-refractivity contribution is 5.91. The van der Waals surface area contributed by atoms with E-state index in [2.05, 4.69) is 17.0 Å². The molecule has 0 bridgehead atoms. The molecule has 1 unspecified atom stereocenters. The molecule has 168 valence electrons. The summed E-state index contributed by atoms with van der Waals surface area (Å²) in [6.45, 7) is 3.34. The number of piperazine rings is 1. The Morgan fingerprint density at radius 1 is 1.03 bits per heavy atom. The first-order valence-corrected chi connectivity index (χ1v) is 10.6. The van der Waals surface area contributed by atoms with Gasteiger partial charge in [-0.3, -0.25) is 19.4 Å². The lowest BCUT2D eigenvalue weighted by atomic mass is 10.0. The molecular formula is C24H27N3O5. The zero-order valence-electron chi connectivity index (χ0n) is 18.0. The largest absolute Gasteiger partial charge is 0.497 e. The van der Waals surface area contributed by atoms with Crippen molar-refractivity contribution in [2.45, 2.75) is 19.1 Å². The van der Waals surface area contributed by atoms with Crippen LogP contribution in [0.2, 0.25) is 0 Å². The highest BCUT2D eigenvalue weighted by Gasteiger charge is 2.33. The van der Waals surface area contributed by atoms with Gasteiger partial charge in [-0.05, 0) is 23.8 Å². The number of rotatable bonds is 8. The SMILES string of the molecule is COc1ccc2c(c1)c(C(C(=O)O)N1CCN(Cc3ccccc3)CC1)cn2CC(=O)O. The monoisotopic (exact) mass is 437 g/mol. The highest BCUT2D eigenvalue weighted by atomic mass is 16.5. The average Bonchev–Trinajstić information content (AvgIpc) is 3.12. The number of aliphatic carboxylic acids is 2. The first-order valence-electron chi connectivity index (χ1n) is 10.6. The summed E-state index contributed by atoms with van der Waals surface area (Å²) >= 11 is 0. The van der Waals surface area contributed by atoms with Crippen molar-refractivity contribution in [1.29, 1.82) is 0 Å². The van der Waals surface area contributed by atoms with Crippen LogP contribution in [0, 0.1) is 0 Å². The van der Waals surface area contributed by atoms with Crippen LogP contribution >= 0.6 is 0 Å². The Balaban J connectivity index is 1.60. The van der Waals surface area contributed by atoms with Crippen molar-refractivity contribution in [3.63, 3.8) is 0 Å². The lowest BCUT2D eigenvalue weighted by Gasteiger charge is -2.37. The summed E-state index contributed by atoms with van der Waals surface area (Å²) in [5, 5.41) is 20.1. The van der Waals surface area contributed by atoms with E-state index in [1.165, 1.54) is 5.56 Å². The van der Waals surface area contributed by atoms with Crippen molar-refractivity contribution in [1.82, 2.24) is 14.4 Å². The Labute approximate surface area is 186 Å². The number of fused-ring (bicyclic) bond motifs is 1. The highest BCUT2D eigenvalue weighted by Crippen LogP contribution is 2.33. The standard InChI is InChI=1S/C24H27N3O5/c1-32-18-7-8-21-19(13-18)20(15-27(21)16-22(28)29)23(24(30)31)26-11-9-25(10-12-26)14-17-5-3-2-4-6-17/h2-8,13,15,23H,9-12,14,16H2,1H3,(H,28,29)(H,30,31). The summed E-state index contributed by atoms with van der Waals surface area (Å²) < 4.78 is 6.92. The molecule has 4 rings (SSSR count). The van der Waals surface area contributed by atoms with Crippen molar-refractivity contribution < 1.29 is 24.5 Å². The minimum atomic E-state index is -0.981. The van der Waals surface area contributed by atoms with Crippen LogP contribution in [0.15, 0.2) is 54.7 Å². The Morgan fingerprint density at radius 2 is 1.75 bits per heavy atom. The number of methoxy groups -OCH3 is 1. The van der Waals surface area contributed by atoms with Gasteiger partial charge < -0.3 is 19.5 Å². The van der Waals surface area contributed by atoms with Crippen molar-refractivity contribution >= 4 is 22.8 Å². The average molecular weight is 437 g/mol. The number of carbonyl (C=O) groups is 2. The van der Waals surface area contributed by atoms with Gasteiger partial charge in [0.1, 0.15) is 18.3 Å². The Kier molecular flexibility index (Phi) is 6.43. The smallest absolute Gasteiger partial charge is 0.325 e. The van der Waals surface area contributed by atoms with E-state index >= 15 is 0 Å². The van der Waals surface area contributed by atoms with Gasteiger partial charge in [-0.25, -0.2) is 0 Å². The normalized spacial score (nSPS) is 16.2. The van der Waals surface area contributed by atoms with Gasteiger partial charge in [-0.15, -0.1) is 0 Å². The number of benzene rings is 2. The fraction of sp³-hybridized carbons (Fsp3) is 0.333. The van der Waals surface area contributed by atoms with E-state index in [1.54, 1.807) is 36.1 Å². The van der Waals surface area contributed by atoms with E-state index in [1.807, 2.05) is 23.1 Å². The van der Waals surface area contributed by atoms with Crippen molar-refractivity contribution in [2.75, 3.05) is 33.3 Å². The fourth-order valence-corrected chi connectivity index (χ4v) is 4.43. The van der Waals surface area contributed by atoms with Crippen LogP contribution in [0.1, 0.15) is 17.2 Å². The second-order valence-corrected chi connectivity index (χ2v) is 8.03. The van der Waals surface area contributed by atoms with E-state index in [0.29, 0.717) is 35.3 Å². The molecule has 0 radical (unpaired) electrons. The fourth-order valence-electron chi connectivity index (χ4n) is 4.43. The Morgan fingerprint density at radius 3 is 2.38 bits per heavy atom. The lowest BCUT2D eigenvalue weighted by Crippen LogP contribution is -2.48. The lowest BCUT2D eigenvalue weighted by molar-refractivity contribution is -0.144. The molecule has 2 heterocycles. The van der Waals surface area contributed by atoms with Gasteiger partial charge in [-0.1, -0.05) is 30.3 Å². The number of aromatic nitrogens is 1. The summed E-state index contributed by atoms with van der Waals surface area (Å²) in [6.07, 6.45) is 1.66. The maximum Gasteiger partial charge on any atom is 0.325 e. The first-order chi connectivity index (χ1) is 15.5. The van der Waals surface area contributed by atoms with E-state index in [0.717, 1.165) is 19.6 Å². The molecule has 2 N–H and O–H groups in total. The quantitative estimate of drug-likeness (QED) is 0.559. The summed E-state index contributed by atoms with van der Waals surface area (Å²) in [4.78, 5) is 28.0. The molecule has 32 heavy (non-hydrogen) atoms. The Bertz CT molecular complexity index is 1100. The predicted molar refractivity (Wildman–Crippen MR) is 120 cm³/mol. The second-order valence-electron chi connectivity index (χ2n) is 8.03. The van der Waals surface area contributed by atoms with Crippen LogP contribution in [0.5, 0.6) is 5.75 Å². The first kappa shape index (κ1) is 21.9. The molecule has 8 nitrogen and oxygen atoms in total. The maximum atomic E-state index is 12.4. The predicted octanol–water partition coefficient (Wildman–Crippen LogP) is 2.68. The van der Waals surface area contributed by atoms with Crippen molar-refractivity contribution in [3.8, 4) is 5.75 Å².